The number of pyridine rings is 1. The second kappa shape index (κ2) is 5.53. The van der Waals surface area contributed by atoms with Crippen LogP contribution in [0.4, 0.5) is 5.69 Å². The summed E-state index contributed by atoms with van der Waals surface area (Å²) < 4.78 is 7.33. The Kier molecular flexibility index (Phi) is 3.82. The number of ether oxygens (including phenoxy) is 1. The Hall–Kier alpha value is -2.04. The summed E-state index contributed by atoms with van der Waals surface area (Å²) in [6.07, 6.45) is 3.60. The molecule has 0 saturated heterocycles. The first-order valence-corrected chi connectivity index (χ1v) is 6.01. The second-order valence-corrected chi connectivity index (χ2v) is 4.02. The number of hydrogen-bond donors (Lipinski definition) is 1. The van der Waals surface area contributed by atoms with E-state index in [1.807, 2.05) is 37.0 Å². The summed E-state index contributed by atoms with van der Waals surface area (Å²) in [7, 11) is 1.94. The van der Waals surface area contributed by atoms with Gasteiger partial charge in [-0.05, 0) is 26.0 Å². The summed E-state index contributed by atoms with van der Waals surface area (Å²) >= 11 is 0. The molecule has 0 fully saturated rings. The zero-order valence-electron chi connectivity index (χ0n) is 11.0. The van der Waals surface area contributed by atoms with Crippen LogP contribution in [0.3, 0.4) is 0 Å². The summed E-state index contributed by atoms with van der Waals surface area (Å²) in [4.78, 5) is 4.20. The van der Waals surface area contributed by atoms with Crippen LogP contribution in [-0.4, -0.2) is 21.4 Å². The van der Waals surface area contributed by atoms with Gasteiger partial charge in [0.1, 0.15) is 0 Å². The van der Waals surface area contributed by atoms with E-state index in [0.29, 0.717) is 19.0 Å². The van der Waals surface area contributed by atoms with Crippen molar-refractivity contribution in [2.75, 3.05) is 11.9 Å². The van der Waals surface area contributed by atoms with E-state index < -0.39 is 0 Å². The first kappa shape index (κ1) is 12.4. The fourth-order valence-corrected chi connectivity index (χ4v) is 1.69. The Morgan fingerprint density at radius 1 is 1.44 bits per heavy atom. The number of hydrogen-bond acceptors (Lipinski definition) is 4. The number of rotatable bonds is 5. The Morgan fingerprint density at radius 3 is 2.94 bits per heavy atom. The maximum atomic E-state index is 5.47. The van der Waals surface area contributed by atoms with Crippen LogP contribution in [0.15, 0.2) is 24.5 Å². The number of aromatic nitrogens is 3. The van der Waals surface area contributed by atoms with Gasteiger partial charge in [0.25, 0.3) is 0 Å². The standard InChI is InChI=1S/C13H18N4O/c1-4-18-13-12(6-5-7-14-13)15-8-11-9-16-17(3)10(11)2/h5-7,9,15H,4,8H2,1-3H3. The largest absolute Gasteiger partial charge is 0.476 e. The molecule has 18 heavy (non-hydrogen) atoms. The minimum absolute atomic E-state index is 0.609. The van der Waals surface area contributed by atoms with Gasteiger partial charge in [0.05, 0.1) is 18.5 Å². The van der Waals surface area contributed by atoms with Gasteiger partial charge in [0.15, 0.2) is 0 Å². The second-order valence-electron chi connectivity index (χ2n) is 4.02. The van der Waals surface area contributed by atoms with Crippen molar-refractivity contribution in [3.8, 4) is 5.88 Å². The summed E-state index contributed by atoms with van der Waals surface area (Å²) in [5, 5.41) is 7.54. The van der Waals surface area contributed by atoms with E-state index in [0.717, 1.165) is 11.4 Å². The maximum Gasteiger partial charge on any atom is 0.237 e. The molecule has 0 aromatic carbocycles. The van der Waals surface area contributed by atoms with Crippen LogP contribution in [0, 0.1) is 6.92 Å². The molecule has 0 unspecified atom stereocenters. The quantitative estimate of drug-likeness (QED) is 0.878. The molecular weight excluding hydrogens is 228 g/mol. The molecule has 2 aromatic heterocycles. The Labute approximate surface area is 107 Å². The van der Waals surface area contributed by atoms with E-state index in [1.165, 1.54) is 5.56 Å². The molecule has 96 valence electrons. The lowest BCUT2D eigenvalue weighted by Gasteiger charge is -2.10. The predicted molar refractivity (Wildman–Crippen MR) is 70.7 cm³/mol. The molecule has 0 aliphatic carbocycles. The minimum atomic E-state index is 0.609. The van der Waals surface area contributed by atoms with Crippen LogP contribution in [0.5, 0.6) is 5.88 Å². The van der Waals surface area contributed by atoms with Crippen LogP contribution in [0.25, 0.3) is 0 Å². The summed E-state index contributed by atoms with van der Waals surface area (Å²) in [6, 6.07) is 3.85. The first-order valence-electron chi connectivity index (χ1n) is 6.01. The minimum Gasteiger partial charge on any atom is -0.476 e. The summed E-state index contributed by atoms with van der Waals surface area (Å²) in [6.45, 7) is 5.32. The third-order valence-electron chi connectivity index (χ3n) is 2.86. The van der Waals surface area contributed by atoms with Gasteiger partial charge in [0.2, 0.25) is 5.88 Å². The van der Waals surface area contributed by atoms with Gasteiger partial charge < -0.3 is 10.1 Å². The molecule has 2 heterocycles. The lowest BCUT2D eigenvalue weighted by Crippen LogP contribution is -2.04. The highest BCUT2D eigenvalue weighted by molar-refractivity contribution is 5.52. The first-order chi connectivity index (χ1) is 8.72. The fraction of sp³-hybridized carbons (Fsp3) is 0.385. The molecule has 5 nitrogen and oxygen atoms in total. The highest BCUT2D eigenvalue weighted by atomic mass is 16.5. The highest BCUT2D eigenvalue weighted by Gasteiger charge is 2.06. The van der Waals surface area contributed by atoms with Crippen LogP contribution >= 0.6 is 0 Å². The zero-order chi connectivity index (χ0) is 13.0. The maximum absolute atomic E-state index is 5.47. The zero-order valence-corrected chi connectivity index (χ0v) is 11.0. The van der Waals surface area contributed by atoms with Crippen molar-refractivity contribution in [2.45, 2.75) is 20.4 Å². The van der Waals surface area contributed by atoms with Crippen molar-refractivity contribution < 1.29 is 4.74 Å². The molecule has 0 saturated carbocycles. The van der Waals surface area contributed by atoms with E-state index in [1.54, 1.807) is 6.20 Å². The van der Waals surface area contributed by atoms with Crippen molar-refractivity contribution in [1.29, 1.82) is 0 Å². The van der Waals surface area contributed by atoms with Gasteiger partial charge in [-0.3, -0.25) is 4.68 Å². The molecule has 5 heteroatoms. The van der Waals surface area contributed by atoms with E-state index in [-0.39, 0.29) is 0 Å². The van der Waals surface area contributed by atoms with Crippen molar-refractivity contribution in [3.05, 3.63) is 35.8 Å². The predicted octanol–water partition coefficient (Wildman–Crippen LogP) is 2.13. The Morgan fingerprint density at radius 2 is 2.28 bits per heavy atom. The van der Waals surface area contributed by atoms with Gasteiger partial charge in [-0.15, -0.1) is 0 Å². The van der Waals surface area contributed by atoms with E-state index in [4.69, 9.17) is 4.74 Å². The summed E-state index contributed by atoms with van der Waals surface area (Å²) in [5.41, 5.74) is 3.23. The van der Waals surface area contributed by atoms with Gasteiger partial charge in [-0.1, -0.05) is 0 Å². The van der Waals surface area contributed by atoms with E-state index in [2.05, 4.69) is 22.3 Å². The molecule has 0 bridgehead atoms. The fourth-order valence-electron chi connectivity index (χ4n) is 1.69. The van der Waals surface area contributed by atoms with Crippen molar-refractivity contribution in [2.24, 2.45) is 7.05 Å². The molecule has 2 rings (SSSR count). The molecule has 0 amide bonds. The molecule has 0 aliphatic heterocycles. The van der Waals surface area contributed by atoms with Crippen molar-refractivity contribution in [1.82, 2.24) is 14.8 Å². The number of nitrogens with zero attached hydrogens (tertiary/aromatic N) is 3. The topological polar surface area (TPSA) is 52.0 Å². The molecule has 0 aliphatic rings. The molecule has 1 N–H and O–H groups in total. The van der Waals surface area contributed by atoms with Crippen LogP contribution < -0.4 is 10.1 Å². The van der Waals surface area contributed by atoms with E-state index >= 15 is 0 Å². The number of anilines is 1. The number of nitrogens with one attached hydrogen (secondary N) is 1. The van der Waals surface area contributed by atoms with Crippen LogP contribution in [0.1, 0.15) is 18.2 Å². The lowest BCUT2D eigenvalue weighted by atomic mass is 10.2. The van der Waals surface area contributed by atoms with Crippen molar-refractivity contribution >= 4 is 5.69 Å². The average molecular weight is 246 g/mol. The van der Waals surface area contributed by atoms with Crippen LogP contribution in [0.2, 0.25) is 0 Å². The molecular formula is C13H18N4O. The van der Waals surface area contributed by atoms with Gasteiger partial charge in [-0.25, -0.2) is 4.98 Å². The van der Waals surface area contributed by atoms with Gasteiger partial charge >= 0.3 is 0 Å². The highest BCUT2D eigenvalue weighted by Crippen LogP contribution is 2.21. The molecule has 0 spiro atoms. The SMILES string of the molecule is CCOc1ncccc1NCc1cnn(C)c1C. The monoisotopic (exact) mass is 246 g/mol. The Balaban J connectivity index is 2.08. The van der Waals surface area contributed by atoms with Crippen LogP contribution in [-0.2, 0) is 13.6 Å². The van der Waals surface area contributed by atoms with Gasteiger partial charge in [0, 0.05) is 31.0 Å². The Bertz CT molecular complexity index is 521. The summed E-state index contributed by atoms with van der Waals surface area (Å²) in [5.74, 6) is 0.640. The molecule has 2 aromatic rings. The average Bonchev–Trinajstić information content (AvgIpc) is 2.70. The van der Waals surface area contributed by atoms with Crippen molar-refractivity contribution in [3.63, 3.8) is 0 Å². The van der Waals surface area contributed by atoms with E-state index in [9.17, 15) is 0 Å². The normalized spacial score (nSPS) is 10.4. The smallest absolute Gasteiger partial charge is 0.237 e. The van der Waals surface area contributed by atoms with Gasteiger partial charge in [-0.2, -0.15) is 5.10 Å². The number of aryl methyl sites for hydroxylation is 1. The molecule has 0 radical (unpaired) electrons. The molecule has 0 atom stereocenters. The third-order valence-corrected chi connectivity index (χ3v) is 2.86. The third kappa shape index (κ3) is 2.61. The lowest BCUT2D eigenvalue weighted by molar-refractivity contribution is 0.328.